The average molecular weight is 448 g/mol. The van der Waals surface area contributed by atoms with Gasteiger partial charge in [-0.05, 0) is 30.7 Å². The van der Waals surface area contributed by atoms with Crippen LogP contribution >= 0.6 is 0 Å². The van der Waals surface area contributed by atoms with Crippen molar-refractivity contribution >= 4 is 22.6 Å². The second kappa shape index (κ2) is 9.50. The number of hydrogen-bond donors (Lipinski definition) is 2. The molecule has 0 saturated carbocycles. The standard InChI is InChI=1S/C21H19F3N4O4/c1-2-10-28-20(31)16-9-4-3-8-15(16)18(27-28)19(30)26-25-17(29)12-32-14-7-5-6-13(11-14)21(22,23)24/h3-9,11H,2,10,12H2,1H3,(H,25,29)(H,26,30). The molecule has 11 heteroatoms. The summed E-state index contributed by atoms with van der Waals surface area (Å²) in [6.07, 6.45) is -3.92. The molecular weight excluding hydrogens is 429 g/mol. The van der Waals surface area contributed by atoms with E-state index in [1.165, 1.54) is 10.7 Å². The predicted octanol–water partition coefficient (Wildman–Crippen LogP) is 2.67. The zero-order chi connectivity index (χ0) is 23.3. The van der Waals surface area contributed by atoms with E-state index < -0.39 is 30.2 Å². The highest BCUT2D eigenvalue weighted by Gasteiger charge is 2.30. The van der Waals surface area contributed by atoms with Crippen LogP contribution in [0.1, 0.15) is 29.4 Å². The minimum Gasteiger partial charge on any atom is -0.484 e. The molecule has 0 unspecified atom stereocenters. The Morgan fingerprint density at radius 2 is 1.78 bits per heavy atom. The van der Waals surface area contributed by atoms with Crippen LogP contribution in [0.2, 0.25) is 0 Å². The van der Waals surface area contributed by atoms with Crippen molar-refractivity contribution in [3.8, 4) is 5.75 Å². The normalized spacial score (nSPS) is 11.2. The van der Waals surface area contributed by atoms with Crippen molar-refractivity contribution in [3.05, 3.63) is 70.1 Å². The highest BCUT2D eigenvalue weighted by atomic mass is 19.4. The summed E-state index contributed by atoms with van der Waals surface area (Å²) in [5.41, 5.74) is 2.98. The van der Waals surface area contributed by atoms with Gasteiger partial charge in [-0.3, -0.25) is 25.2 Å². The molecule has 0 bridgehead atoms. The molecule has 2 amide bonds. The maximum absolute atomic E-state index is 12.7. The van der Waals surface area contributed by atoms with Gasteiger partial charge in [-0.1, -0.05) is 31.2 Å². The van der Waals surface area contributed by atoms with Crippen molar-refractivity contribution in [2.45, 2.75) is 26.1 Å². The highest BCUT2D eigenvalue weighted by Crippen LogP contribution is 2.31. The lowest BCUT2D eigenvalue weighted by Gasteiger charge is -2.12. The van der Waals surface area contributed by atoms with Gasteiger partial charge in [0.15, 0.2) is 12.3 Å². The number of hydrogen-bond acceptors (Lipinski definition) is 5. The third kappa shape index (κ3) is 5.23. The smallest absolute Gasteiger partial charge is 0.416 e. The average Bonchev–Trinajstić information content (AvgIpc) is 2.77. The topological polar surface area (TPSA) is 102 Å². The molecule has 0 aliphatic rings. The van der Waals surface area contributed by atoms with Crippen LogP contribution in [0.5, 0.6) is 5.75 Å². The molecule has 8 nitrogen and oxygen atoms in total. The number of benzene rings is 2. The number of aromatic nitrogens is 2. The number of halogens is 3. The molecule has 0 spiro atoms. The maximum atomic E-state index is 12.7. The third-order valence-corrected chi connectivity index (χ3v) is 4.36. The number of carbonyl (C=O) groups excluding carboxylic acids is 2. The Morgan fingerprint density at radius 3 is 2.47 bits per heavy atom. The molecule has 3 rings (SSSR count). The van der Waals surface area contributed by atoms with Gasteiger partial charge in [0.25, 0.3) is 17.4 Å². The van der Waals surface area contributed by atoms with Gasteiger partial charge in [0.05, 0.1) is 10.9 Å². The Kier molecular flexibility index (Phi) is 6.76. The molecule has 0 radical (unpaired) electrons. The summed E-state index contributed by atoms with van der Waals surface area (Å²) in [5, 5.41) is 4.72. The molecule has 32 heavy (non-hydrogen) atoms. The van der Waals surface area contributed by atoms with E-state index >= 15 is 0 Å². The molecule has 1 heterocycles. The van der Waals surface area contributed by atoms with Crippen LogP contribution in [0.25, 0.3) is 10.8 Å². The first kappa shape index (κ1) is 22.8. The van der Waals surface area contributed by atoms with E-state index in [-0.39, 0.29) is 17.0 Å². The van der Waals surface area contributed by atoms with Crippen LogP contribution in [-0.2, 0) is 17.5 Å². The van der Waals surface area contributed by atoms with E-state index in [0.717, 1.165) is 18.2 Å². The molecule has 2 aromatic carbocycles. The Bertz CT molecular complexity index is 1210. The first-order valence-electron chi connectivity index (χ1n) is 9.59. The molecule has 0 saturated heterocycles. The van der Waals surface area contributed by atoms with Crippen LogP contribution in [0.4, 0.5) is 13.2 Å². The summed E-state index contributed by atoms with van der Waals surface area (Å²) in [7, 11) is 0. The number of nitrogens with one attached hydrogen (secondary N) is 2. The van der Waals surface area contributed by atoms with Crippen LogP contribution in [0.3, 0.4) is 0 Å². The number of alkyl halides is 3. The molecule has 1 aromatic heterocycles. The molecule has 2 N–H and O–H groups in total. The van der Waals surface area contributed by atoms with Gasteiger partial charge in [0, 0.05) is 11.9 Å². The second-order valence-corrected chi connectivity index (χ2v) is 6.74. The van der Waals surface area contributed by atoms with Gasteiger partial charge in [-0.15, -0.1) is 0 Å². The van der Waals surface area contributed by atoms with E-state index in [1.54, 1.807) is 24.3 Å². The summed E-state index contributed by atoms with van der Waals surface area (Å²) >= 11 is 0. The number of aryl methyl sites for hydroxylation is 1. The summed E-state index contributed by atoms with van der Waals surface area (Å²) in [6.45, 7) is 1.53. The van der Waals surface area contributed by atoms with Crippen molar-refractivity contribution in [1.82, 2.24) is 20.6 Å². The fraction of sp³-hybridized carbons (Fsp3) is 0.238. The second-order valence-electron chi connectivity index (χ2n) is 6.74. The minimum atomic E-state index is -4.54. The fourth-order valence-corrected chi connectivity index (χ4v) is 2.90. The lowest BCUT2D eigenvalue weighted by molar-refractivity contribution is -0.137. The summed E-state index contributed by atoms with van der Waals surface area (Å²) in [5.74, 6) is -1.72. The van der Waals surface area contributed by atoms with E-state index in [4.69, 9.17) is 4.74 Å². The number of nitrogens with zero attached hydrogens (tertiary/aromatic N) is 2. The Balaban J connectivity index is 1.67. The molecule has 0 fully saturated rings. The number of rotatable bonds is 6. The van der Waals surface area contributed by atoms with Crippen LogP contribution in [-0.4, -0.2) is 28.2 Å². The van der Waals surface area contributed by atoms with Crippen molar-refractivity contribution in [2.75, 3.05) is 6.61 Å². The van der Waals surface area contributed by atoms with E-state index in [1.807, 2.05) is 6.92 Å². The van der Waals surface area contributed by atoms with Crippen LogP contribution < -0.4 is 21.1 Å². The molecular formula is C21H19F3N4O4. The largest absolute Gasteiger partial charge is 0.484 e. The van der Waals surface area contributed by atoms with Crippen molar-refractivity contribution < 1.29 is 27.5 Å². The Morgan fingerprint density at radius 1 is 1.06 bits per heavy atom. The summed E-state index contributed by atoms with van der Waals surface area (Å²) < 4.78 is 44.5. The lowest BCUT2D eigenvalue weighted by atomic mass is 10.1. The third-order valence-electron chi connectivity index (χ3n) is 4.36. The molecule has 0 aliphatic carbocycles. The van der Waals surface area contributed by atoms with Crippen molar-refractivity contribution in [1.29, 1.82) is 0 Å². The first-order chi connectivity index (χ1) is 15.2. The van der Waals surface area contributed by atoms with Gasteiger partial charge in [-0.25, -0.2) is 4.68 Å². The van der Waals surface area contributed by atoms with Gasteiger partial charge in [0.2, 0.25) is 0 Å². The minimum absolute atomic E-state index is 0.0623. The van der Waals surface area contributed by atoms with Crippen LogP contribution in [0.15, 0.2) is 53.3 Å². The van der Waals surface area contributed by atoms with Gasteiger partial charge < -0.3 is 4.74 Å². The monoisotopic (exact) mass is 448 g/mol. The van der Waals surface area contributed by atoms with Gasteiger partial charge in [-0.2, -0.15) is 18.3 Å². The maximum Gasteiger partial charge on any atom is 0.416 e. The first-order valence-corrected chi connectivity index (χ1v) is 9.59. The van der Waals surface area contributed by atoms with Crippen molar-refractivity contribution in [2.24, 2.45) is 0 Å². The fourth-order valence-electron chi connectivity index (χ4n) is 2.90. The quantitative estimate of drug-likeness (QED) is 0.565. The SMILES string of the molecule is CCCn1nc(C(=O)NNC(=O)COc2cccc(C(F)(F)F)c2)c2ccccc2c1=O. The molecule has 168 valence electrons. The molecule has 0 aliphatic heterocycles. The lowest BCUT2D eigenvalue weighted by Crippen LogP contribution is -2.44. The molecule has 0 atom stereocenters. The van der Waals surface area contributed by atoms with E-state index in [0.29, 0.717) is 23.7 Å². The summed E-state index contributed by atoms with van der Waals surface area (Å²) in [6, 6.07) is 10.5. The number of ether oxygens (including phenoxy) is 1. The highest BCUT2D eigenvalue weighted by molar-refractivity contribution is 6.05. The zero-order valence-electron chi connectivity index (χ0n) is 16.9. The van der Waals surface area contributed by atoms with Gasteiger partial charge >= 0.3 is 6.18 Å². The molecule has 3 aromatic rings. The van der Waals surface area contributed by atoms with E-state index in [2.05, 4.69) is 16.0 Å². The van der Waals surface area contributed by atoms with Crippen molar-refractivity contribution in [3.63, 3.8) is 0 Å². The Hall–Kier alpha value is -3.89. The van der Waals surface area contributed by atoms with Gasteiger partial charge in [0.1, 0.15) is 5.75 Å². The Labute approximate surface area is 180 Å². The number of carbonyl (C=O) groups is 2. The summed E-state index contributed by atoms with van der Waals surface area (Å²) in [4.78, 5) is 37.0. The number of amides is 2. The van der Waals surface area contributed by atoms with Crippen LogP contribution in [0, 0.1) is 0 Å². The number of hydrazine groups is 1. The van der Waals surface area contributed by atoms with E-state index in [9.17, 15) is 27.6 Å². The predicted molar refractivity (Wildman–Crippen MR) is 109 cm³/mol. The number of fused-ring (bicyclic) bond motifs is 1. The zero-order valence-corrected chi connectivity index (χ0v) is 16.9.